The van der Waals surface area contributed by atoms with Gasteiger partial charge in [-0.15, -0.1) is 0 Å². The molecule has 0 aliphatic heterocycles. The number of methoxy groups -OCH3 is 1. The molecule has 1 aromatic rings. The molecule has 0 heterocycles. The Morgan fingerprint density at radius 2 is 2.00 bits per heavy atom. The fraction of sp³-hybridized carbons (Fsp3) is 0.529. The highest BCUT2D eigenvalue weighted by atomic mass is 16.5. The first-order chi connectivity index (χ1) is 11.0. The van der Waals surface area contributed by atoms with Gasteiger partial charge in [0.25, 0.3) is 0 Å². The molecule has 0 saturated heterocycles. The largest absolute Gasteiger partial charge is 0.495 e. The molecule has 1 rings (SSSR count). The molecule has 0 fully saturated rings. The second-order valence-electron chi connectivity index (χ2n) is 5.63. The molecule has 1 aromatic carbocycles. The highest BCUT2D eigenvalue weighted by Crippen LogP contribution is 2.25. The van der Waals surface area contributed by atoms with Crippen molar-refractivity contribution in [2.24, 2.45) is 5.73 Å². The van der Waals surface area contributed by atoms with Gasteiger partial charge < -0.3 is 15.8 Å². The third-order valence-electron chi connectivity index (χ3n) is 3.56. The number of hydrogen-bond acceptors (Lipinski definition) is 4. The van der Waals surface area contributed by atoms with Crippen LogP contribution in [0.15, 0.2) is 18.2 Å². The van der Waals surface area contributed by atoms with E-state index in [4.69, 9.17) is 10.5 Å². The number of rotatable bonds is 10. The van der Waals surface area contributed by atoms with E-state index in [0.29, 0.717) is 17.0 Å². The second-order valence-corrected chi connectivity index (χ2v) is 5.63. The Morgan fingerprint density at radius 1 is 1.26 bits per heavy atom. The van der Waals surface area contributed by atoms with Crippen molar-refractivity contribution in [2.45, 2.75) is 32.6 Å². The number of amides is 2. The lowest BCUT2D eigenvalue weighted by Gasteiger charge is -2.17. The second kappa shape index (κ2) is 9.84. The first-order valence-corrected chi connectivity index (χ1v) is 7.94. The summed E-state index contributed by atoms with van der Waals surface area (Å²) in [6.45, 7) is 3.34. The van der Waals surface area contributed by atoms with Crippen LogP contribution in [0, 0.1) is 0 Å². The molecule has 0 unspecified atom stereocenters. The Bertz CT molecular complexity index is 532. The summed E-state index contributed by atoms with van der Waals surface area (Å²) >= 11 is 0. The first-order valence-electron chi connectivity index (χ1n) is 7.94. The minimum Gasteiger partial charge on any atom is -0.495 e. The van der Waals surface area contributed by atoms with E-state index in [1.54, 1.807) is 12.1 Å². The molecule has 0 aliphatic carbocycles. The summed E-state index contributed by atoms with van der Waals surface area (Å²) < 4.78 is 5.20. The van der Waals surface area contributed by atoms with Crippen LogP contribution in [-0.2, 0) is 4.79 Å². The SMILES string of the molecule is CCCCCCN(C)CC(=O)Nc1cc(C(N)=O)ccc1OC. The predicted molar refractivity (Wildman–Crippen MR) is 91.8 cm³/mol. The van der Waals surface area contributed by atoms with E-state index in [9.17, 15) is 9.59 Å². The molecule has 6 nitrogen and oxygen atoms in total. The number of nitrogens with zero attached hydrogens (tertiary/aromatic N) is 1. The van der Waals surface area contributed by atoms with Crippen LogP contribution in [-0.4, -0.2) is 44.0 Å². The Balaban J connectivity index is 2.59. The highest BCUT2D eigenvalue weighted by molar-refractivity contribution is 5.98. The number of nitrogens with one attached hydrogen (secondary N) is 1. The van der Waals surface area contributed by atoms with Gasteiger partial charge in [-0.25, -0.2) is 0 Å². The zero-order chi connectivity index (χ0) is 17.2. The van der Waals surface area contributed by atoms with Crippen LogP contribution in [0.3, 0.4) is 0 Å². The molecule has 0 atom stereocenters. The number of benzene rings is 1. The van der Waals surface area contributed by atoms with Crippen LogP contribution in [0.5, 0.6) is 5.75 Å². The predicted octanol–water partition coefficient (Wildman–Crippen LogP) is 2.24. The summed E-state index contributed by atoms with van der Waals surface area (Å²) in [6, 6.07) is 4.71. The molecule has 0 aromatic heterocycles. The van der Waals surface area contributed by atoms with Gasteiger partial charge in [0.05, 0.1) is 19.3 Å². The number of primary amides is 1. The van der Waals surface area contributed by atoms with Crippen LogP contribution in [0.25, 0.3) is 0 Å². The number of anilines is 1. The minimum absolute atomic E-state index is 0.150. The van der Waals surface area contributed by atoms with Crippen LogP contribution in [0.2, 0.25) is 0 Å². The number of unbranched alkanes of at least 4 members (excludes halogenated alkanes) is 3. The maximum atomic E-state index is 12.1. The molecule has 0 aliphatic rings. The average Bonchev–Trinajstić information content (AvgIpc) is 2.51. The van der Waals surface area contributed by atoms with Gasteiger partial charge in [-0.05, 0) is 38.2 Å². The molecule has 0 radical (unpaired) electrons. The molecule has 3 N–H and O–H groups in total. The quantitative estimate of drug-likeness (QED) is 0.647. The van der Waals surface area contributed by atoms with Gasteiger partial charge in [0, 0.05) is 5.56 Å². The van der Waals surface area contributed by atoms with Crippen LogP contribution >= 0.6 is 0 Å². The number of carbonyl (C=O) groups excluding carboxylic acids is 2. The number of carbonyl (C=O) groups is 2. The third kappa shape index (κ3) is 6.69. The van der Waals surface area contributed by atoms with Crippen molar-refractivity contribution in [3.05, 3.63) is 23.8 Å². The summed E-state index contributed by atoms with van der Waals surface area (Å²) in [6.07, 6.45) is 4.67. The summed E-state index contributed by atoms with van der Waals surface area (Å²) in [4.78, 5) is 25.4. The maximum absolute atomic E-state index is 12.1. The first kappa shape index (κ1) is 19.0. The van der Waals surface area contributed by atoms with E-state index in [1.807, 2.05) is 11.9 Å². The molecular formula is C17H27N3O3. The van der Waals surface area contributed by atoms with Gasteiger partial charge in [-0.1, -0.05) is 26.2 Å². The van der Waals surface area contributed by atoms with Gasteiger partial charge in [-0.3, -0.25) is 14.5 Å². The monoisotopic (exact) mass is 321 g/mol. The van der Waals surface area contributed by atoms with Crippen LogP contribution in [0.1, 0.15) is 43.0 Å². The Kier molecular flexibility index (Phi) is 8.11. The van der Waals surface area contributed by atoms with E-state index in [2.05, 4.69) is 12.2 Å². The van der Waals surface area contributed by atoms with Gasteiger partial charge in [0.1, 0.15) is 5.75 Å². The van der Waals surface area contributed by atoms with E-state index in [0.717, 1.165) is 13.0 Å². The average molecular weight is 321 g/mol. The number of ether oxygens (including phenoxy) is 1. The summed E-state index contributed by atoms with van der Waals surface area (Å²) in [5.41, 5.74) is 6.04. The maximum Gasteiger partial charge on any atom is 0.248 e. The fourth-order valence-electron chi connectivity index (χ4n) is 2.28. The lowest BCUT2D eigenvalue weighted by molar-refractivity contribution is -0.117. The van der Waals surface area contributed by atoms with Crippen LogP contribution < -0.4 is 15.8 Å². The molecule has 23 heavy (non-hydrogen) atoms. The lowest BCUT2D eigenvalue weighted by Crippen LogP contribution is -2.31. The summed E-state index contributed by atoms with van der Waals surface area (Å²) in [5.74, 6) is -0.201. The van der Waals surface area contributed by atoms with E-state index >= 15 is 0 Å². The zero-order valence-electron chi connectivity index (χ0n) is 14.2. The molecule has 6 heteroatoms. The molecule has 0 spiro atoms. The normalized spacial score (nSPS) is 10.6. The van der Waals surface area contributed by atoms with E-state index in [-0.39, 0.29) is 12.5 Å². The fourth-order valence-corrected chi connectivity index (χ4v) is 2.28. The zero-order valence-corrected chi connectivity index (χ0v) is 14.2. The van der Waals surface area contributed by atoms with Crippen molar-refractivity contribution >= 4 is 17.5 Å². The van der Waals surface area contributed by atoms with E-state index in [1.165, 1.54) is 32.4 Å². The molecular weight excluding hydrogens is 294 g/mol. The van der Waals surface area contributed by atoms with Gasteiger partial charge in [0.2, 0.25) is 11.8 Å². The van der Waals surface area contributed by atoms with Crippen molar-refractivity contribution in [1.29, 1.82) is 0 Å². The highest BCUT2D eigenvalue weighted by Gasteiger charge is 2.12. The van der Waals surface area contributed by atoms with Crippen molar-refractivity contribution in [1.82, 2.24) is 4.90 Å². The summed E-state index contributed by atoms with van der Waals surface area (Å²) in [7, 11) is 3.43. The van der Waals surface area contributed by atoms with Gasteiger partial charge in [0.15, 0.2) is 0 Å². The van der Waals surface area contributed by atoms with Gasteiger partial charge >= 0.3 is 0 Å². The van der Waals surface area contributed by atoms with Crippen molar-refractivity contribution in [3.63, 3.8) is 0 Å². The van der Waals surface area contributed by atoms with Crippen LogP contribution in [0.4, 0.5) is 5.69 Å². The summed E-state index contributed by atoms with van der Waals surface area (Å²) in [5, 5.41) is 2.78. The molecule has 2 amide bonds. The van der Waals surface area contributed by atoms with Gasteiger partial charge in [-0.2, -0.15) is 0 Å². The minimum atomic E-state index is -0.545. The number of hydrogen-bond donors (Lipinski definition) is 2. The molecule has 0 bridgehead atoms. The van der Waals surface area contributed by atoms with Crippen molar-refractivity contribution in [2.75, 3.05) is 32.6 Å². The number of likely N-dealkylation sites (N-methyl/N-ethyl adjacent to an activating group) is 1. The standard InChI is InChI=1S/C17H27N3O3/c1-4-5-6-7-10-20(2)12-16(21)19-14-11-13(17(18)22)8-9-15(14)23-3/h8-9,11H,4-7,10,12H2,1-3H3,(H2,18,22)(H,19,21). The molecule has 128 valence electrons. The Hall–Kier alpha value is -2.08. The third-order valence-corrected chi connectivity index (χ3v) is 3.56. The van der Waals surface area contributed by atoms with Crippen molar-refractivity contribution < 1.29 is 14.3 Å². The molecule has 0 saturated carbocycles. The Labute approximate surface area is 138 Å². The van der Waals surface area contributed by atoms with E-state index < -0.39 is 5.91 Å². The number of nitrogens with two attached hydrogens (primary N) is 1. The topological polar surface area (TPSA) is 84.7 Å². The smallest absolute Gasteiger partial charge is 0.248 e. The van der Waals surface area contributed by atoms with Crippen molar-refractivity contribution in [3.8, 4) is 5.75 Å². The Morgan fingerprint density at radius 3 is 2.61 bits per heavy atom. The lowest BCUT2D eigenvalue weighted by atomic mass is 10.1.